The Morgan fingerprint density at radius 1 is 1.08 bits per heavy atom. The summed E-state index contributed by atoms with van der Waals surface area (Å²) in [5.41, 5.74) is 2.01. The first-order valence-electron chi connectivity index (χ1n) is 3.64. The molecule has 3 nitrogen and oxygen atoms in total. The van der Waals surface area contributed by atoms with Crippen LogP contribution in [0, 0.1) is 17.7 Å². The Labute approximate surface area is 71.7 Å². The lowest BCUT2D eigenvalue weighted by Crippen LogP contribution is -2.16. The first-order valence-corrected chi connectivity index (χ1v) is 3.64. The van der Waals surface area contributed by atoms with Gasteiger partial charge in [-0.2, -0.15) is 0 Å². The van der Waals surface area contributed by atoms with Crippen LogP contribution in [0.2, 0.25) is 0 Å². The van der Waals surface area contributed by atoms with Crippen LogP contribution in [0.5, 0.6) is 0 Å². The van der Waals surface area contributed by atoms with E-state index >= 15 is 0 Å². The van der Waals surface area contributed by atoms with Crippen molar-refractivity contribution in [2.75, 3.05) is 4.90 Å². The second-order valence-electron chi connectivity index (χ2n) is 2.50. The van der Waals surface area contributed by atoms with E-state index in [4.69, 9.17) is 10.8 Å². The molecule has 3 heteroatoms. The lowest BCUT2D eigenvalue weighted by atomic mass is 10.2. The molecule has 0 saturated heterocycles. The maximum absolute atomic E-state index is 7.00. The maximum Gasteiger partial charge on any atom is 0.0915 e. The summed E-state index contributed by atoms with van der Waals surface area (Å²) >= 11 is 0. The van der Waals surface area contributed by atoms with Gasteiger partial charge in [-0.15, -0.1) is 0 Å². The Kier molecular flexibility index (Phi) is 2.58. The van der Waals surface area contributed by atoms with Gasteiger partial charge in [0.05, 0.1) is 12.7 Å². The molecular weight excluding hydrogens is 150 g/mol. The fourth-order valence-electron chi connectivity index (χ4n) is 0.903. The van der Waals surface area contributed by atoms with E-state index in [-0.39, 0.29) is 0 Å². The van der Waals surface area contributed by atoms with Gasteiger partial charge in [0, 0.05) is 5.69 Å². The van der Waals surface area contributed by atoms with Crippen LogP contribution in [0.15, 0.2) is 24.3 Å². The van der Waals surface area contributed by atoms with Gasteiger partial charge in [-0.1, -0.05) is 17.7 Å². The van der Waals surface area contributed by atoms with Crippen molar-refractivity contribution in [1.82, 2.24) is 0 Å². The van der Waals surface area contributed by atoms with E-state index in [0.717, 1.165) is 18.4 Å². The van der Waals surface area contributed by atoms with E-state index in [1.165, 1.54) is 10.5 Å². The summed E-state index contributed by atoms with van der Waals surface area (Å²) < 4.78 is 0. The Balaban J connectivity index is 2.94. The molecule has 0 heterocycles. The van der Waals surface area contributed by atoms with E-state index < -0.39 is 0 Å². The highest BCUT2D eigenvalue weighted by atomic mass is 15.1. The highest BCUT2D eigenvalue weighted by Crippen LogP contribution is 2.11. The van der Waals surface area contributed by atoms with Gasteiger partial charge in [0.2, 0.25) is 0 Å². The van der Waals surface area contributed by atoms with E-state index in [0.29, 0.717) is 0 Å². The Morgan fingerprint density at radius 3 is 2.00 bits per heavy atom. The summed E-state index contributed by atoms with van der Waals surface area (Å²) in [7, 11) is 0. The smallest absolute Gasteiger partial charge is 0.0915 e. The lowest BCUT2D eigenvalue weighted by molar-refractivity contribution is 1.37. The fraction of sp³-hybridized carbons (Fsp3) is 0.111. The molecule has 0 aromatic heterocycles. The molecule has 0 unspecified atom stereocenters. The van der Waals surface area contributed by atoms with Crippen LogP contribution in [-0.4, -0.2) is 12.7 Å². The molecule has 1 aromatic rings. The van der Waals surface area contributed by atoms with Gasteiger partial charge in [-0.05, 0) is 19.1 Å². The molecule has 0 aliphatic heterocycles. The lowest BCUT2D eigenvalue weighted by Gasteiger charge is -2.11. The third-order valence-corrected chi connectivity index (χ3v) is 1.61. The van der Waals surface area contributed by atoms with Gasteiger partial charge in [-0.3, -0.25) is 15.7 Å². The SMILES string of the molecule is Cc1ccc(N(C=N)C=N)cc1. The van der Waals surface area contributed by atoms with Crippen molar-refractivity contribution in [3.05, 3.63) is 29.8 Å². The second-order valence-corrected chi connectivity index (χ2v) is 2.50. The number of benzene rings is 1. The molecule has 2 N–H and O–H groups in total. The predicted molar refractivity (Wildman–Crippen MR) is 51.2 cm³/mol. The van der Waals surface area contributed by atoms with Crippen molar-refractivity contribution in [2.24, 2.45) is 0 Å². The summed E-state index contributed by atoms with van der Waals surface area (Å²) in [6.07, 6.45) is 2.22. The molecule has 0 fully saturated rings. The number of rotatable bonds is 3. The molecule has 0 aliphatic rings. The fourth-order valence-corrected chi connectivity index (χ4v) is 0.903. The number of hydrogen-bond donors (Lipinski definition) is 2. The highest BCUT2D eigenvalue weighted by Gasteiger charge is 1.97. The second kappa shape index (κ2) is 3.67. The standard InChI is InChI=1S/C9H11N3/c1-8-2-4-9(5-3-8)12(6-10)7-11/h2-7,10-11H,1H3. The molecule has 0 amide bonds. The monoisotopic (exact) mass is 161 g/mol. The molecule has 1 rings (SSSR count). The van der Waals surface area contributed by atoms with Crippen molar-refractivity contribution in [1.29, 1.82) is 10.8 Å². The molecule has 62 valence electrons. The summed E-state index contributed by atoms with van der Waals surface area (Å²) in [4.78, 5) is 1.43. The van der Waals surface area contributed by atoms with Crippen molar-refractivity contribution in [3.8, 4) is 0 Å². The molecule has 1 aromatic carbocycles. The largest absolute Gasteiger partial charge is 0.292 e. The third-order valence-electron chi connectivity index (χ3n) is 1.61. The zero-order valence-corrected chi connectivity index (χ0v) is 6.91. The van der Waals surface area contributed by atoms with Crippen LogP contribution in [0.1, 0.15) is 5.56 Å². The molecule has 0 atom stereocenters. The van der Waals surface area contributed by atoms with Crippen LogP contribution < -0.4 is 4.90 Å². The van der Waals surface area contributed by atoms with Gasteiger partial charge >= 0.3 is 0 Å². The molecule has 0 saturated carbocycles. The van der Waals surface area contributed by atoms with Crippen LogP contribution in [0.3, 0.4) is 0 Å². The van der Waals surface area contributed by atoms with Gasteiger partial charge in [-0.25, -0.2) is 0 Å². The maximum atomic E-state index is 7.00. The van der Waals surface area contributed by atoms with Crippen LogP contribution in [-0.2, 0) is 0 Å². The van der Waals surface area contributed by atoms with E-state index in [9.17, 15) is 0 Å². The predicted octanol–water partition coefficient (Wildman–Crippen LogP) is 2.02. The quantitative estimate of drug-likeness (QED) is 0.517. The van der Waals surface area contributed by atoms with Gasteiger partial charge in [0.25, 0.3) is 0 Å². The van der Waals surface area contributed by atoms with Crippen LogP contribution >= 0.6 is 0 Å². The van der Waals surface area contributed by atoms with Crippen molar-refractivity contribution in [2.45, 2.75) is 6.92 Å². The molecule has 12 heavy (non-hydrogen) atoms. The molecule has 0 spiro atoms. The minimum Gasteiger partial charge on any atom is -0.292 e. The minimum atomic E-state index is 0.839. The molecule has 0 aliphatic carbocycles. The number of aryl methyl sites for hydroxylation is 1. The number of nitrogens with zero attached hydrogens (tertiary/aromatic N) is 1. The normalized spacial score (nSPS) is 9.08. The van der Waals surface area contributed by atoms with Gasteiger partial charge in [0.15, 0.2) is 0 Å². The zero-order chi connectivity index (χ0) is 8.97. The van der Waals surface area contributed by atoms with Crippen molar-refractivity contribution < 1.29 is 0 Å². The van der Waals surface area contributed by atoms with Crippen LogP contribution in [0.4, 0.5) is 5.69 Å². The topological polar surface area (TPSA) is 50.9 Å². The van der Waals surface area contributed by atoms with Crippen molar-refractivity contribution >= 4 is 18.4 Å². The highest BCUT2D eigenvalue weighted by molar-refractivity contribution is 5.97. The summed E-state index contributed by atoms with van der Waals surface area (Å²) in [6, 6.07) is 7.67. The minimum absolute atomic E-state index is 0.839. The average molecular weight is 161 g/mol. The zero-order valence-electron chi connectivity index (χ0n) is 6.91. The summed E-state index contributed by atoms with van der Waals surface area (Å²) in [5.74, 6) is 0. The third kappa shape index (κ3) is 1.69. The summed E-state index contributed by atoms with van der Waals surface area (Å²) in [6.45, 7) is 2.00. The van der Waals surface area contributed by atoms with Crippen LogP contribution in [0.25, 0.3) is 0 Å². The first kappa shape index (κ1) is 8.46. The number of hydrogen-bond acceptors (Lipinski definition) is 2. The Hall–Kier alpha value is -1.64. The number of nitrogens with one attached hydrogen (secondary N) is 2. The molecular formula is C9H11N3. The molecule has 0 bridgehead atoms. The number of anilines is 1. The first-order chi connectivity index (χ1) is 5.77. The van der Waals surface area contributed by atoms with E-state index in [1.807, 2.05) is 31.2 Å². The van der Waals surface area contributed by atoms with Gasteiger partial charge in [0.1, 0.15) is 0 Å². The summed E-state index contributed by atoms with van der Waals surface area (Å²) in [5, 5.41) is 14.0. The van der Waals surface area contributed by atoms with E-state index in [2.05, 4.69) is 0 Å². The Bertz CT molecular complexity index is 268. The average Bonchev–Trinajstić information content (AvgIpc) is 2.10. The van der Waals surface area contributed by atoms with E-state index in [1.54, 1.807) is 0 Å². The molecule has 0 radical (unpaired) electrons. The van der Waals surface area contributed by atoms with Gasteiger partial charge < -0.3 is 0 Å². The Morgan fingerprint density at radius 2 is 1.58 bits per heavy atom. The van der Waals surface area contributed by atoms with Crippen molar-refractivity contribution in [3.63, 3.8) is 0 Å².